The minimum atomic E-state index is -0.186. The number of hydrogen-bond donors (Lipinski definition) is 1. The molecule has 5 nitrogen and oxygen atoms in total. The van der Waals surface area contributed by atoms with Crippen molar-refractivity contribution in [3.05, 3.63) is 45.7 Å². The van der Waals surface area contributed by atoms with Gasteiger partial charge in [0.25, 0.3) is 5.91 Å². The zero-order valence-corrected chi connectivity index (χ0v) is 14.6. The Morgan fingerprint density at radius 3 is 2.52 bits per heavy atom. The second kappa shape index (κ2) is 8.22. The maximum absolute atomic E-state index is 11.7. The molecular formula is C16H19Cl2N3O2. The molecule has 0 aliphatic heterocycles. The molecule has 1 N–H and O–H groups in total. The lowest BCUT2D eigenvalue weighted by atomic mass is 10.3. The van der Waals surface area contributed by atoms with Crippen molar-refractivity contribution in [3.8, 4) is 5.75 Å². The van der Waals surface area contributed by atoms with Crippen molar-refractivity contribution in [1.29, 1.82) is 0 Å². The van der Waals surface area contributed by atoms with Gasteiger partial charge in [0.15, 0.2) is 6.61 Å². The van der Waals surface area contributed by atoms with Gasteiger partial charge in [-0.15, -0.1) is 0 Å². The van der Waals surface area contributed by atoms with Crippen LogP contribution >= 0.6 is 23.2 Å². The van der Waals surface area contributed by atoms with E-state index < -0.39 is 0 Å². The van der Waals surface area contributed by atoms with E-state index >= 15 is 0 Å². The van der Waals surface area contributed by atoms with Crippen molar-refractivity contribution < 1.29 is 9.53 Å². The van der Waals surface area contributed by atoms with Gasteiger partial charge in [-0.2, -0.15) is 5.10 Å². The first kappa shape index (κ1) is 17.6. The largest absolute Gasteiger partial charge is 0.484 e. The third-order valence-electron chi connectivity index (χ3n) is 3.18. The van der Waals surface area contributed by atoms with Crippen molar-refractivity contribution >= 4 is 29.1 Å². The fraction of sp³-hybridized carbons (Fsp3) is 0.375. The van der Waals surface area contributed by atoms with E-state index in [0.29, 0.717) is 22.3 Å². The highest BCUT2D eigenvalue weighted by molar-refractivity contribution is 6.34. The van der Waals surface area contributed by atoms with Crippen LogP contribution in [0.25, 0.3) is 0 Å². The summed E-state index contributed by atoms with van der Waals surface area (Å²) in [5.74, 6) is 0.287. The Morgan fingerprint density at radius 2 is 1.91 bits per heavy atom. The highest BCUT2D eigenvalue weighted by atomic mass is 35.5. The maximum Gasteiger partial charge on any atom is 0.257 e. The summed E-state index contributed by atoms with van der Waals surface area (Å²) < 4.78 is 7.31. The summed E-state index contributed by atoms with van der Waals surface area (Å²) in [4.78, 5) is 11.7. The van der Waals surface area contributed by atoms with E-state index in [9.17, 15) is 4.79 Å². The molecule has 0 aliphatic rings. The number of rotatable bonds is 7. The van der Waals surface area contributed by atoms with Crippen LogP contribution < -0.4 is 10.1 Å². The van der Waals surface area contributed by atoms with Crippen LogP contribution in [0.15, 0.2) is 24.3 Å². The Kier molecular flexibility index (Phi) is 6.30. The third-order valence-corrected chi connectivity index (χ3v) is 3.61. The fourth-order valence-corrected chi connectivity index (χ4v) is 2.68. The number of carbonyl (C=O) groups excluding carboxylic acids is 1. The molecule has 124 valence electrons. The Balaban J connectivity index is 1.68. The van der Waals surface area contributed by atoms with Gasteiger partial charge in [-0.25, -0.2) is 0 Å². The molecule has 0 aliphatic carbocycles. The molecule has 0 bridgehead atoms. The molecule has 0 atom stereocenters. The molecule has 1 aromatic heterocycles. The summed E-state index contributed by atoms with van der Waals surface area (Å²) >= 11 is 11.7. The van der Waals surface area contributed by atoms with E-state index in [-0.39, 0.29) is 12.5 Å². The predicted molar refractivity (Wildman–Crippen MR) is 91.3 cm³/mol. The first-order valence-corrected chi connectivity index (χ1v) is 8.06. The van der Waals surface area contributed by atoms with E-state index in [0.717, 1.165) is 24.4 Å². The summed E-state index contributed by atoms with van der Waals surface area (Å²) in [6.07, 6.45) is 0.802. The Labute approximate surface area is 145 Å². The fourth-order valence-electron chi connectivity index (χ4n) is 2.17. The minimum absolute atomic E-state index is 0.0728. The summed E-state index contributed by atoms with van der Waals surface area (Å²) in [7, 11) is 0. The summed E-state index contributed by atoms with van der Waals surface area (Å²) in [5, 5.41) is 8.12. The Bertz CT molecular complexity index is 666. The van der Waals surface area contributed by atoms with Gasteiger partial charge in [-0.1, -0.05) is 23.2 Å². The summed E-state index contributed by atoms with van der Waals surface area (Å²) in [5.41, 5.74) is 2.12. The number of aryl methyl sites for hydroxylation is 3. The average Bonchev–Trinajstić information content (AvgIpc) is 2.78. The number of ether oxygens (including phenoxy) is 1. The molecule has 2 rings (SSSR count). The Morgan fingerprint density at radius 1 is 1.22 bits per heavy atom. The number of benzene rings is 1. The zero-order chi connectivity index (χ0) is 16.8. The Hall–Kier alpha value is -1.72. The molecule has 0 spiro atoms. The van der Waals surface area contributed by atoms with Gasteiger partial charge < -0.3 is 10.1 Å². The minimum Gasteiger partial charge on any atom is -0.484 e. The van der Waals surface area contributed by atoms with Crippen LogP contribution in [0.1, 0.15) is 17.8 Å². The van der Waals surface area contributed by atoms with Crippen molar-refractivity contribution in [2.24, 2.45) is 0 Å². The highest BCUT2D eigenvalue weighted by Crippen LogP contribution is 2.23. The normalized spacial score (nSPS) is 10.6. The average molecular weight is 356 g/mol. The topological polar surface area (TPSA) is 56.2 Å². The van der Waals surface area contributed by atoms with E-state index in [1.807, 2.05) is 24.6 Å². The molecule has 2 aromatic rings. The first-order valence-electron chi connectivity index (χ1n) is 7.30. The van der Waals surface area contributed by atoms with Crippen LogP contribution in [0.5, 0.6) is 5.75 Å². The molecule has 7 heteroatoms. The number of halogens is 2. The molecule has 0 saturated carbocycles. The van der Waals surface area contributed by atoms with E-state index in [4.69, 9.17) is 27.9 Å². The second-order valence-electron chi connectivity index (χ2n) is 5.25. The third kappa shape index (κ3) is 5.77. The van der Waals surface area contributed by atoms with Gasteiger partial charge >= 0.3 is 0 Å². The van der Waals surface area contributed by atoms with Crippen molar-refractivity contribution in [3.63, 3.8) is 0 Å². The molecule has 23 heavy (non-hydrogen) atoms. The molecule has 0 fully saturated rings. The van der Waals surface area contributed by atoms with E-state index in [1.165, 1.54) is 0 Å². The first-order chi connectivity index (χ1) is 10.9. The van der Waals surface area contributed by atoms with Gasteiger partial charge in [-0.3, -0.25) is 9.48 Å². The van der Waals surface area contributed by atoms with E-state index in [2.05, 4.69) is 10.4 Å². The molecule has 1 aromatic carbocycles. The van der Waals surface area contributed by atoms with Crippen LogP contribution in [0.4, 0.5) is 0 Å². The van der Waals surface area contributed by atoms with Crippen LogP contribution in [-0.4, -0.2) is 28.8 Å². The molecular weight excluding hydrogens is 337 g/mol. The van der Waals surface area contributed by atoms with Crippen molar-refractivity contribution in [2.75, 3.05) is 13.2 Å². The molecule has 0 unspecified atom stereocenters. The van der Waals surface area contributed by atoms with Gasteiger partial charge in [0, 0.05) is 28.8 Å². The second-order valence-corrected chi connectivity index (χ2v) is 6.12. The van der Waals surface area contributed by atoms with Crippen LogP contribution in [0.3, 0.4) is 0 Å². The molecule has 1 heterocycles. The summed E-state index contributed by atoms with van der Waals surface area (Å²) in [6, 6.07) is 6.87. The van der Waals surface area contributed by atoms with Gasteiger partial charge in [-0.05, 0) is 44.5 Å². The lowest BCUT2D eigenvalue weighted by molar-refractivity contribution is -0.123. The number of carbonyl (C=O) groups is 1. The number of nitrogens with one attached hydrogen (secondary N) is 1. The number of nitrogens with zero attached hydrogens (tertiary/aromatic N) is 2. The monoisotopic (exact) mass is 355 g/mol. The maximum atomic E-state index is 11.7. The quantitative estimate of drug-likeness (QED) is 0.774. The lowest BCUT2D eigenvalue weighted by Crippen LogP contribution is -2.30. The summed E-state index contributed by atoms with van der Waals surface area (Å²) in [6.45, 7) is 5.24. The van der Waals surface area contributed by atoms with Crippen molar-refractivity contribution in [1.82, 2.24) is 15.1 Å². The smallest absolute Gasteiger partial charge is 0.257 e. The molecule has 0 radical (unpaired) electrons. The van der Waals surface area contributed by atoms with Crippen LogP contribution in [-0.2, 0) is 11.3 Å². The lowest BCUT2D eigenvalue weighted by Gasteiger charge is -2.09. The standard InChI is InChI=1S/C16H19Cl2N3O2/c1-11-6-12(2)21(20-11)5-3-4-19-16(22)10-23-15-8-13(17)7-14(18)9-15/h6-9H,3-5,10H2,1-2H3,(H,19,22). The van der Waals surface area contributed by atoms with Crippen molar-refractivity contribution in [2.45, 2.75) is 26.8 Å². The molecule has 1 amide bonds. The SMILES string of the molecule is Cc1cc(C)n(CCCNC(=O)COc2cc(Cl)cc(Cl)c2)n1. The zero-order valence-electron chi connectivity index (χ0n) is 13.1. The highest BCUT2D eigenvalue weighted by Gasteiger charge is 2.05. The number of aromatic nitrogens is 2. The van der Waals surface area contributed by atoms with Gasteiger partial charge in [0.2, 0.25) is 0 Å². The molecule has 0 saturated heterocycles. The van der Waals surface area contributed by atoms with Gasteiger partial charge in [0.05, 0.1) is 5.69 Å². The number of hydrogen-bond acceptors (Lipinski definition) is 3. The van der Waals surface area contributed by atoms with E-state index in [1.54, 1.807) is 18.2 Å². The predicted octanol–water partition coefficient (Wildman–Crippen LogP) is 3.39. The van der Waals surface area contributed by atoms with Crippen LogP contribution in [0, 0.1) is 13.8 Å². The van der Waals surface area contributed by atoms with Crippen LogP contribution in [0.2, 0.25) is 10.0 Å². The van der Waals surface area contributed by atoms with Gasteiger partial charge in [0.1, 0.15) is 5.75 Å². The number of amides is 1.